The molecule has 5 atom stereocenters. The highest BCUT2D eigenvalue weighted by Crippen LogP contribution is 2.33. The summed E-state index contributed by atoms with van der Waals surface area (Å²) >= 11 is 0. The number of ether oxygens (including phenoxy) is 2. The topological polar surface area (TPSA) is 87.5 Å². The molecule has 6 nitrogen and oxygen atoms in total. The molecule has 2 saturated heterocycles. The van der Waals surface area contributed by atoms with Gasteiger partial charge in [0, 0.05) is 10.8 Å². The number of hydrogen-bond acceptors (Lipinski definition) is 4. The van der Waals surface area contributed by atoms with Gasteiger partial charge in [0.05, 0.1) is 18.8 Å². The van der Waals surface area contributed by atoms with Crippen LogP contribution in [0.2, 0.25) is 0 Å². The molecule has 6 heteroatoms. The van der Waals surface area contributed by atoms with E-state index in [2.05, 4.69) is 10.0 Å². The molecular weight excluding hydrogens is 174 g/mol. The first-order chi connectivity index (χ1) is 6.24. The van der Waals surface area contributed by atoms with Crippen LogP contribution in [0.15, 0.2) is 5.11 Å². The number of aliphatic hydroxyl groups is 1. The second kappa shape index (κ2) is 3.16. The summed E-state index contributed by atoms with van der Waals surface area (Å²) in [6.45, 7) is 2.33. The van der Waals surface area contributed by atoms with Crippen molar-refractivity contribution in [3.63, 3.8) is 0 Å². The Bertz CT molecular complexity index is 253. The molecule has 2 unspecified atom stereocenters. The largest absolute Gasteiger partial charge is 0.392 e. The van der Waals surface area contributed by atoms with Gasteiger partial charge in [0.1, 0.15) is 6.04 Å². The Morgan fingerprint density at radius 2 is 2.38 bits per heavy atom. The third-order valence-corrected chi connectivity index (χ3v) is 2.67. The molecule has 2 aliphatic rings. The molecule has 0 saturated carbocycles. The molecule has 0 aromatic carbocycles. The average molecular weight is 185 g/mol. The molecule has 1 N–H and O–H groups in total. The van der Waals surface area contributed by atoms with Gasteiger partial charge >= 0.3 is 0 Å². The summed E-state index contributed by atoms with van der Waals surface area (Å²) in [5.41, 5.74) is 8.29. The zero-order valence-corrected chi connectivity index (χ0v) is 7.20. The van der Waals surface area contributed by atoms with Crippen LogP contribution in [0.4, 0.5) is 0 Å². The molecule has 2 fully saturated rings. The number of fused-ring (bicyclic) bond motifs is 2. The van der Waals surface area contributed by atoms with Gasteiger partial charge in [-0.3, -0.25) is 0 Å². The Morgan fingerprint density at radius 1 is 1.62 bits per heavy atom. The zero-order valence-electron chi connectivity index (χ0n) is 7.20. The molecule has 0 radical (unpaired) electrons. The van der Waals surface area contributed by atoms with Gasteiger partial charge in [-0.05, 0) is 5.53 Å². The van der Waals surface area contributed by atoms with E-state index in [0.717, 1.165) is 0 Å². The molecule has 72 valence electrons. The maximum Gasteiger partial charge on any atom is 0.169 e. The zero-order chi connectivity index (χ0) is 9.42. The minimum absolute atomic E-state index is 0.0470. The van der Waals surface area contributed by atoms with E-state index in [4.69, 9.17) is 15.0 Å². The molecular formula is C7H11N3O3. The van der Waals surface area contributed by atoms with Gasteiger partial charge in [0.15, 0.2) is 6.29 Å². The van der Waals surface area contributed by atoms with Gasteiger partial charge in [-0.2, -0.15) is 0 Å². The fourth-order valence-corrected chi connectivity index (χ4v) is 1.77. The molecule has 2 rings (SSSR count). The summed E-state index contributed by atoms with van der Waals surface area (Å²) in [5.74, 6) is -0.0470. The van der Waals surface area contributed by atoms with Gasteiger partial charge in [-0.15, -0.1) is 0 Å². The molecule has 2 bridgehead atoms. The maximum absolute atomic E-state index is 9.72. The number of rotatable bonds is 1. The first-order valence-electron chi connectivity index (χ1n) is 4.23. The van der Waals surface area contributed by atoms with Crippen molar-refractivity contribution in [3.05, 3.63) is 10.4 Å². The number of azide groups is 1. The van der Waals surface area contributed by atoms with E-state index >= 15 is 0 Å². The van der Waals surface area contributed by atoms with E-state index in [0.29, 0.717) is 6.61 Å². The van der Waals surface area contributed by atoms with Gasteiger partial charge < -0.3 is 14.6 Å². The minimum atomic E-state index is -0.665. The predicted molar refractivity (Wildman–Crippen MR) is 42.7 cm³/mol. The maximum atomic E-state index is 9.72. The van der Waals surface area contributed by atoms with Crippen molar-refractivity contribution in [3.8, 4) is 0 Å². The Morgan fingerprint density at radius 3 is 3.08 bits per heavy atom. The van der Waals surface area contributed by atoms with E-state index in [1.54, 1.807) is 0 Å². The lowest BCUT2D eigenvalue weighted by atomic mass is 9.91. The smallest absolute Gasteiger partial charge is 0.169 e. The van der Waals surface area contributed by atoms with E-state index < -0.39 is 18.4 Å². The highest BCUT2D eigenvalue weighted by Gasteiger charge is 2.47. The van der Waals surface area contributed by atoms with Crippen LogP contribution >= 0.6 is 0 Å². The molecule has 13 heavy (non-hydrogen) atoms. The van der Waals surface area contributed by atoms with E-state index in [-0.39, 0.29) is 12.0 Å². The molecule has 2 aliphatic heterocycles. The molecule has 2 heterocycles. The standard InChI is InChI=1S/C7H11N3O3/c1-3-4-2-12-7(13-4)5(6(3)11)9-10-8/h3-7,11H,2H2,1H3/t3-,4?,5?,6-,7-/m1/s1. The molecule has 0 spiro atoms. The van der Waals surface area contributed by atoms with Gasteiger partial charge in [0.2, 0.25) is 0 Å². The van der Waals surface area contributed by atoms with Crippen LogP contribution in [0.3, 0.4) is 0 Å². The summed E-state index contributed by atoms with van der Waals surface area (Å²) in [6, 6.07) is -0.612. The van der Waals surface area contributed by atoms with Gasteiger partial charge in [-0.25, -0.2) is 0 Å². The van der Waals surface area contributed by atoms with E-state index in [9.17, 15) is 5.11 Å². The van der Waals surface area contributed by atoms with Crippen LogP contribution in [0, 0.1) is 5.92 Å². The van der Waals surface area contributed by atoms with E-state index in [1.165, 1.54) is 0 Å². The van der Waals surface area contributed by atoms with Crippen LogP contribution in [0.1, 0.15) is 6.92 Å². The lowest BCUT2D eigenvalue weighted by Crippen LogP contribution is -2.48. The third kappa shape index (κ3) is 1.28. The SMILES string of the molecule is C[C@@H]1C2CO[C@H](O2)C(N=[N+]=[N-])[C@@H]1O. The van der Waals surface area contributed by atoms with Crippen molar-refractivity contribution in [2.24, 2.45) is 11.0 Å². The van der Waals surface area contributed by atoms with Crippen LogP contribution in [0.25, 0.3) is 10.4 Å². The highest BCUT2D eigenvalue weighted by molar-refractivity contribution is 4.94. The third-order valence-electron chi connectivity index (χ3n) is 2.67. The Labute approximate surface area is 75.1 Å². The summed E-state index contributed by atoms with van der Waals surface area (Å²) in [4.78, 5) is 2.67. The molecule has 0 amide bonds. The van der Waals surface area contributed by atoms with Crippen molar-refractivity contribution in [1.29, 1.82) is 0 Å². The van der Waals surface area contributed by atoms with Crippen molar-refractivity contribution in [2.75, 3.05) is 6.61 Å². The minimum Gasteiger partial charge on any atom is -0.392 e. The van der Waals surface area contributed by atoms with Crippen LogP contribution in [0.5, 0.6) is 0 Å². The van der Waals surface area contributed by atoms with Crippen LogP contribution in [-0.2, 0) is 9.47 Å². The van der Waals surface area contributed by atoms with Crippen LogP contribution < -0.4 is 0 Å². The Hall–Kier alpha value is -0.810. The fraction of sp³-hybridized carbons (Fsp3) is 1.00. The summed E-state index contributed by atoms with van der Waals surface area (Å²) in [7, 11) is 0. The first-order valence-corrected chi connectivity index (χ1v) is 4.23. The molecule has 0 aromatic heterocycles. The van der Waals surface area contributed by atoms with Crippen molar-refractivity contribution in [1.82, 2.24) is 0 Å². The van der Waals surface area contributed by atoms with Crippen molar-refractivity contribution < 1.29 is 14.6 Å². The van der Waals surface area contributed by atoms with Crippen molar-refractivity contribution >= 4 is 0 Å². The average Bonchev–Trinajstić information content (AvgIpc) is 2.56. The Balaban J connectivity index is 2.21. The lowest BCUT2D eigenvalue weighted by molar-refractivity contribution is -0.151. The lowest BCUT2D eigenvalue weighted by Gasteiger charge is -2.33. The van der Waals surface area contributed by atoms with E-state index in [1.807, 2.05) is 6.92 Å². The second-order valence-corrected chi connectivity index (χ2v) is 3.42. The first kappa shape index (κ1) is 8.77. The second-order valence-electron chi connectivity index (χ2n) is 3.42. The Kier molecular flexibility index (Phi) is 2.13. The van der Waals surface area contributed by atoms with Gasteiger partial charge in [0.25, 0.3) is 0 Å². The quantitative estimate of drug-likeness (QED) is 0.364. The highest BCUT2D eigenvalue weighted by atomic mass is 16.7. The van der Waals surface area contributed by atoms with Gasteiger partial charge in [-0.1, -0.05) is 12.0 Å². The fourth-order valence-electron chi connectivity index (χ4n) is 1.77. The predicted octanol–water partition coefficient (Wildman–Crippen LogP) is 0.417. The summed E-state index contributed by atoms with van der Waals surface area (Å²) < 4.78 is 10.6. The monoisotopic (exact) mass is 185 g/mol. The summed E-state index contributed by atoms with van der Waals surface area (Å²) in [6.07, 6.45) is -1.29. The van der Waals surface area contributed by atoms with Crippen LogP contribution in [-0.4, -0.2) is 36.3 Å². The number of hydrogen-bond donors (Lipinski definition) is 1. The summed E-state index contributed by atoms with van der Waals surface area (Å²) in [5, 5.41) is 13.2. The number of nitrogens with zero attached hydrogens (tertiary/aromatic N) is 3. The number of aliphatic hydroxyl groups excluding tert-OH is 1. The molecule has 0 aliphatic carbocycles. The normalized spacial score (nSPS) is 48.6. The van der Waals surface area contributed by atoms with Crippen molar-refractivity contribution in [2.45, 2.75) is 31.5 Å². The molecule has 0 aromatic rings.